The molecule has 0 aliphatic heterocycles. The largest absolute Gasteiger partial charge is 0.247 e. The van der Waals surface area contributed by atoms with Gasteiger partial charge in [0.2, 0.25) is 0 Å². The fourth-order valence-corrected chi connectivity index (χ4v) is 6.17. The summed E-state index contributed by atoms with van der Waals surface area (Å²) in [7, 11) is 0. The SMILES string of the molecule is C=CCCC1CCC(C2CCC(C3CCC(C)CC3)CC2)C(F)C1. The molecule has 0 heterocycles. The van der Waals surface area contributed by atoms with Crippen LogP contribution in [0.15, 0.2) is 12.7 Å². The van der Waals surface area contributed by atoms with Gasteiger partial charge in [0.15, 0.2) is 0 Å². The molecule has 0 amide bonds. The number of hydrogen-bond acceptors (Lipinski definition) is 0. The quantitative estimate of drug-likeness (QED) is 0.461. The van der Waals surface area contributed by atoms with Crippen LogP contribution < -0.4 is 0 Å². The summed E-state index contributed by atoms with van der Waals surface area (Å²) >= 11 is 0. The Hall–Kier alpha value is -0.330. The second kappa shape index (κ2) is 8.86. The van der Waals surface area contributed by atoms with Crippen molar-refractivity contribution in [3.8, 4) is 0 Å². The standard InChI is InChI=1S/C23H39F/c1-3-4-5-18-8-15-22(23(24)16-18)21-13-11-20(12-14-21)19-9-6-17(2)7-10-19/h3,17-23H,1,4-16H2,2H3. The predicted octanol–water partition coefficient (Wildman–Crippen LogP) is 7.34. The highest BCUT2D eigenvalue weighted by Crippen LogP contribution is 2.46. The van der Waals surface area contributed by atoms with Crippen LogP contribution in [0.4, 0.5) is 4.39 Å². The minimum Gasteiger partial charge on any atom is -0.247 e. The molecule has 0 radical (unpaired) electrons. The topological polar surface area (TPSA) is 0 Å². The van der Waals surface area contributed by atoms with Crippen molar-refractivity contribution in [2.45, 2.75) is 96.6 Å². The summed E-state index contributed by atoms with van der Waals surface area (Å²) in [6.45, 7) is 6.22. The normalized spacial score (nSPS) is 44.2. The molecule has 3 fully saturated rings. The minimum atomic E-state index is -0.523. The van der Waals surface area contributed by atoms with Crippen molar-refractivity contribution in [2.24, 2.45) is 35.5 Å². The van der Waals surface area contributed by atoms with Crippen LogP contribution in [0, 0.1) is 35.5 Å². The molecule has 3 saturated carbocycles. The summed E-state index contributed by atoms with van der Waals surface area (Å²) in [5.74, 6) is 4.63. The second-order valence-electron chi connectivity index (χ2n) is 9.42. The molecule has 0 N–H and O–H groups in total. The second-order valence-corrected chi connectivity index (χ2v) is 9.42. The van der Waals surface area contributed by atoms with Crippen molar-refractivity contribution in [2.75, 3.05) is 0 Å². The monoisotopic (exact) mass is 334 g/mol. The Labute approximate surface area is 149 Å². The predicted molar refractivity (Wildman–Crippen MR) is 102 cm³/mol. The summed E-state index contributed by atoms with van der Waals surface area (Å²) in [5.41, 5.74) is 0. The van der Waals surface area contributed by atoms with Gasteiger partial charge >= 0.3 is 0 Å². The number of hydrogen-bond donors (Lipinski definition) is 0. The molecule has 3 aliphatic carbocycles. The Balaban J connectivity index is 1.42. The molecule has 1 heteroatoms. The van der Waals surface area contributed by atoms with E-state index in [-0.39, 0.29) is 0 Å². The van der Waals surface area contributed by atoms with Gasteiger partial charge < -0.3 is 0 Å². The number of rotatable bonds is 5. The van der Waals surface area contributed by atoms with Gasteiger partial charge in [-0.2, -0.15) is 0 Å². The maximum absolute atomic E-state index is 14.8. The third-order valence-corrected chi connectivity index (χ3v) is 7.86. The number of allylic oxidation sites excluding steroid dienone is 1. The molecule has 0 aromatic heterocycles. The van der Waals surface area contributed by atoms with E-state index in [2.05, 4.69) is 13.5 Å². The molecule has 3 atom stereocenters. The van der Waals surface area contributed by atoms with Crippen LogP contribution >= 0.6 is 0 Å². The Bertz CT molecular complexity index is 373. The third kappa shape index (κ3) is 4.64. The first kappa shape index (κ1) is 18.5. The van der Waals surface area contributed by atoms with Crippen LogP contribution in [0.25, 0.3) is 0 Å². The van der Waals surface area contributed by atoms with Crippen LogP contribution in [0.2, 0.25) is 0 Å². The zero-order valence-electron chi connectivity index (χ0n) is 15.9. The maximum atomic E-state index is 14.8. The lowest BCUT2D eigenvalue weighted by Gasteiger charge is -2.42. The molecule has 138 valence electrons. The van der Waals surface area contributed by atoms with Crippen molar-refractivity contribution in [1.82, 2.24) is 0 Å². The van der Waals surface area contributed by atoms with E-state index in [4.69, 9.17) is 0 Å². The lowest BCUT2D eigenvalue weighted by atomic mass is 9.64. The van der Waals surface area contributed by atoms with Gasteiger partial charge in [0.25, 0.3) is 0 Å². The molecular formula is C23H39F. The smallest absolute Gasteiger partial charge is 0.103 e. The van der Waals surface area contributed by atoms with Gasteiger partial charge in [-0.25, -0.2) is 4.39 Å². The molecule has 3 unspecified atom stereocenters. The molecular weight excluding hydrogens is 295 g/mol. The molecule has 0 nitrogen and oxygen atoms in total. The van der Waals surface area contributed by atoms with E-state index < -0.39 is 6.17 Å². The summed E-state index contributed by atoms with van der Waals surface area (Å²) in [6.07, 6.45) is 18.2. The van der Waals surface area contributed by atoms with Gasteiger partial charge in [-0.05, 0) is 106 Å². The van der Waals surface area contributed by atoms with Crippen LogP contribution in [-0.2, 0) is 0 Å². The van der Waals surface area contributed by atoms with Crippen LogP contribution in [0.3, 0.4) is 0 Å². The Kier molecular flexibility index (Phi) is 6.81. The summed E-state index contributed by atoms with van der Waals surface area (Å²) in [6, 6.07) is 0. The number of halogens is 1. The Morgan fingerprint density at radius 1 is 0.833 bits per heavy atom. The van der Waals surface area contributed by atoms with E-state index in [1.165, 1.54) is 57.8 Å². The molecule has 0 saturated heterocycles. The van der Waals surface area contributed by atoms with Gasteiger partial charge in [0, 0.05) is 0 Å². The van der Waals surface area contributed by atoms with Gasteiger partial charge in [0.05, 0.1) is 0 Å². The lowest BCUT2D eigenvalue weighted by molar-refractivity contribution is 0.0463. The average molecular weight is 335 g/mol. The highest BCUT2D eigenvalue weighted by molar-refractivity contribution is 4.89. The Morgan fingerprint density at radius 2 is 1.42 bits per heavy atom. The van der Waals surface area contributed by atoms with Crippen molar-refractivity contribution in [1.29, 1.82) is 0 Å². The van der Waals surface area contributed by atoms with Gasteiger partial charge in [-0.15, -0.1) is 6.58 Å². The van der Waals surface area contributed by atoms with Crippen molar-refractivity contribution < 1.29 is 4.39 Å². The van der Waals surface area contributed by atoms with E-state index in [9.17, 15) is 4.39 Å². The first-order chi connectivity index (χ1) is 11.7. The van der Waals surface area contributed by atoms with E-state index in [1.807, 2.05) is 6.08 Å². The van der Waals surface area contributed by atoms with Crippen molar-refractivity contribution in [3.05, 3.63) is 12.7 Å². The van der Waals surface area contributed by atoms with Gasteiger partial charge in [-0.1, -0.05) is 25.8 Å². The fraction of sp³-hybridized carbons (Fsp3) is 0.913. The van der Waals surface area contributed by atoms with Crippen molar-refractivity contribution in [3.63, 3.8) is 0 Å². The lowest BCUT2D eigenvalue weighted by Crippen LogP contribution is -2.35. The van der Waals surface area contributed by atoms with Crippen molar-refractivity contribution >= 4 is 0 Å². The van der Waals surface area contributed by atoms with Gasteiger partial charge in [0.1, 0.15) is 6.17 Å². The average Bonchev–Trinajstić information content (AvgIpc) is 2.61. The molecule has 3 rings (SSSR count). The summed E-state index contributed by atoms with van der Waals surface area (Å²) in [5, 5.41) is 0. The van der Waals surface area contributed by atoms with E-state index in [0.29, 0.717) is 17.8 Å². The zero-order chi connectivity index (χ0) is 16.9. The summed E-state index contributed by atoms with van der Waals surface area (Å²) in [4.78, 5) is 0. The van der Waals surface area contributed by atoms with Crippen LogP contribution in [0.1, 0.15) is 90.4 Å². The zero-order valence-corrected chi connectivity index (χ0v) is 15.9. The third-order valence-electron chi connectivity index (χ3n) is 7.86. The first-order valence-electron chi connectivity index (χ1n) is 10.9. The minimum absolute atomic E-state index is 0.386. The van der Waals surface area contributed by atoms with E-state index >= 15 is 0 Å². The molecule has 0 bridgehead atoms. The molecule has 24 heavy (non-hydrogen) atoms. The Morgan fingerprint density at radius 3 is 2.00 bits per heavy atom. The number of alkyl halides is 1. The highest BCUT2D eigenvalue weighted by Gasteiger charge is 2.38. The van der Waals surface area contributed by atoms with Crippen LogP contribution in [0.5, 0.6) is 0 Å². The molecule has 3 aliphatic rings. The van der Waals surface area contributed by atoms with E-state index in [1.54, 1.807) is 0 Å². The summed E-state index contributed by atoms with van der Waals surface area (Å²) < 4.78 is 14.8. The molecule has 0 aromatic rings. The van der Waals surface area contributed by atoms with Gasteiger partial charge in [-0.3, -0.25) is 0 Å². The van der Waals surface area contributed by atoms with E-state index in [0.717, 1.165) is 43.4 Å². The first-order valence-corrected chi connectivity index (χ1v) is 10.9. The molecule has 0 aromatic carbocycles. The van der Waals surface area contributed by atoms with Crippen LogP contribution in [-0.4, -0.2) is 6.17 Å². The fourth-order valence-electron chi connectivity index (χ4n) is 6.17. The molecule has 0 spiro atoms. The highest BCUT2D eigenvalue weighted by atomic mass is 19.1. The maximum Gasteiger partial charge on any atom is 0.103 e.